The second-order valence-corrected chi connectivity index (χ2v) is 8.06. The van der Waals surface area contributed by atoms with Gasteiger partial charge in [0.2, 0.25) is 5.91 Å². The molecule has 168 valence electrons. The van der Waals surface area contributed by atoms with Crippen molar-refractivity contribution in [3.63, 3.8) is 0 Å². The lowest BCUT2D eigenvalue weighted by Gasteiger charge is -2.16. The predicted molar refractivity (Wildman–Crippen MR) is 126 cm³/mol. The van der Waals surface area contributed by atoms with Gasteiger partial charge in [0.05, 0.1) is 26.8 Å². The monoisotopic (exact) mass is 474 g/mol. The number of aromatic nitrogens is 1. The molecule has 9 nitrogen and oxygen atoms in total. The average Bonchev–Trinajstić information content (AvgIpc) is 3.32. The SMILES string of the molecule is O=C(Cn1ccc2cc([N+](=O)[O-])ccc21)Nc1ccc(N2C(=O)c3ccccc3C2=O)c(Cl)c1. The molecule has 10 heteroatoms. The summed E-state index contributed by atoms with van der Waals surface area (Å²) in [6.07, 6.45) is 1.67. The van der Waals surface area contributed by atoms with Crippen LogP contribution in [-0.4, -0.2) is 27.2 Å². The molecule has 3 amide bonds. The first-order valence-corrected chi connectivity index (χ1v) is 10.5. The lowest BCUT2D eigenvalue weighted by atomic mass is 10.1. The van der Waals surface area contributed by atoms with Crippen LogP contribution < -0.4 is 10.2 Å². The summed E-state index contributed by atoms with van der Waals surface area (Å²) in [7, 11) is 0. The molecule has 34 heavy (non-hydrogen) atoms. The van der Waals surface area contributed by atoms with Crippen LogP contribution in [0.1, 0.15) is 20.7 Å². The number of imide groups is 1. The minimum Gasteiger partial charge on any atom is -0.338 e. The molecule has 0 saturated carbocycles. The molecule has 1 N–H and O–H groups in total. The number of carbonyl (C=O) groups is 3. The van der Waals surface area contributed by atoms with Crippen molar-refractivity contribution in [2.45, 2.75) is 6.54 Å². The zero-order chi connectivity index (χ0) is 24.0. The van der Waals surface area contributed by atoms with Crippen LogP contribution in [0.25, 0.3) is 10.9 Å². The van der Waals surface area contributed by atoms with E-state index in [4.69, 9.17) is 11.6 Å². The molecule has 2 heterocycles. The van der Waals surface area contributed by atoms with Crippen molar-refractivity contribution in [3.8, 4) is 0 Å². The van der Waals surface area contributed by atoms with E-state index >= 15 is 0 Å². The van der Waals surface area contributed by atoms with Crippen molar-refractivity contribution in [2.75, 3.05) is 10.2 Å². The fraction of sp³-hybridized carbons (Fsp3) is 0.0417. The predicted octanol–water partition coefficient (Wildman–Crippen LogP) is 4.64. The van der Waals surface area contributed by atoms with Gasteiger partial charge in [-0.15, -0.1) is 0 Å². The molecular formula is C24H15ClN4O5. The molecule has 0 atom stereocenters. The second kappa shape index (κ2) is 8.13. The number of amides is 3. The van der Waals surface area contributed by atoms with Crippen molar-refractivity contribution >= 4 is 57.3 Å². The van der Waals surface area contributed by atoms with Crippen LogP contribution in [0.4, 0.5) is 17.1 Å². The minimum atomic E-state index is -0.473. The third-order valence-electron chi connectivity index (χ3n) is 5.55. The smallest absolute Gasteiger partial charge is 0.270 e. The third kappa shape index (κ3) is 3.57. The van der Waals surface area contributed by atoms with Gasteiger partial charge < -0.3 is 9.88 Å². The fourth-order valence-corrected chi connectivity index (χ4v) is 4.23. The highest BCUT2D eigenvalue weighted by molar-refractivity contribution is 6.40. The van der Waals surface area contributed by atoms with E-state index in [1.165, 1.54) is 24.3 Å². The number of halogens is 1. The van der Waals surface area contributed by atoms with Crippen molar-refractivity contribution in [2.24, 2.45) is 0 Å². The number of hydrogen-bond acceptors (Lipinski definition) is 5. The first-order chi connectivity index (χ1) is 16.3. The first-order valence-electron chi connectivity index (χ1n) is 10.1. The van der Waals surface area contributed by atoms with Gasteiger partial charge in [0, 0.05) is 34.9 Å². The average molecular weight is 475 g/mol. The number of nitro benzene ring substituents is 1. The van der Waals surface area contributed by atoms with Gasteiger partial charge in [0.1, 0.15) is 6.54 Å². The largest absolute Gasteiger partial charge is 0.338 e. The zero-order valence-corrected chi connectivity index (χ0v) is 18.2. The van der Waals surface area contributed by atoms with Crippen molar-refractivity contribution < 1.29 is 19.3 Å². The number of anilines is 2. The van der Waals surface area contributed by atoms with E-state index in [0.717, 1.165) is 4.90 Å². The molecule has 3 aromatic carbocycles. The quantitative estimate of drug-likeness (QED) is 0.257. The van der Waals surface area contributed by atoms with Crippen LogP contribution >= 0.6 is 11.6 Å². The van der Waals surface area contributed by atoms with Gasteiger partial charge in [-0.05, 0) is 42.5 Å². The van der Waals surface area contributed by atoms with E-state index in [2.05, 4.69) is 5.32 Å². The molecule has 1 aromatic heterocycles. The molecule has 0 fully saturated rings. The maximum absolute atomic E-state index is 12.7. The topological polar surface area (TPSA) is 115 Å². The molecule has 4 aromatic rings. The van der Waals surface area contributed by atoms with Gasteiger partial charge in [-0.3, -0.25) is 24.5 Å². The van der Waals surface area contributed by atoms with Crippen LogP contribution in [-0.2, 0) is 11.3 Å². The van der Waals surface area contributed by atoms with Crippen LogP contribution in [0.15, 0.2) is 72.9 Å². The second-order valence-electron chi connectivity index (χ2n) is 7.65. The summed E-state index contributed by atoms with van der Waals surface area (Å²) < 4.78 is 1.67. The van der Waals surface area contributed by atoms with Gasteiger partial charge in [0.15, 0.2) is 0 Å². The van der Waals surface area contributed by atoms with Crippen molar-refractivity contribution in [1.82, 2.24) is 4.57 Å². The summed E-state index contributed by atoms with van der Waals surface area (Å²) in [6.45, 7) is -0.0287. The Hall–Kier alpha value is -4.50. The number of non-ortho nitro benzene ring substituents is 1. The van der Waals surface area contributed by atoms with Gasteiger partial charge >= 0.3 is 0 Å². The lowest BCUT2D eigenvalue weighted by Crippen LogP contribution is -2.29. The van der Waals surface area contributed by atoms with Crippen molar-refractivity contribution in [3.05, 3.63) is 99.2 Å². The van der Waals surface area contributed by atoms with E-state index in [0.29, 0.717) is 27.7 Å². The Labute approximate surface area is 197 Å². The molecule has 0 radical (unpaired) electrons. The van der Waals surface area contributed by atoms with E-state index in [1.54, 1.807) is 53.2 Å². The van der Waals surface area contributed by atoms with Crippen LogP contribution in [0.2, 0.25) is 5.02 Å². The maximum atomic E-state index is 12.7. The van der Waals surface area contributed by atoms with E-state index in [-0.39, 0.29) is 28.8 Å². The first kappa shape index (κ1) is 21.4. The normalized spacial score (nSPS) is 12.8. The number of nitrogens with zero attached hydrogens (tertiary/aromatic N) is 3. The molecule has 0 aliphatic carbocycles. The van der Waals surface area contributed by atoms with E-state index < -0.39 is 16.7 Å². The number of fused-ring (bicyclic) bond motifs is 2. The van der Waals surface area contributed by atoms with Gasteiger partial charge in [0.25, 0.3) is 17.5 Å². The number of rotatable bonds is 5. The summed E-state index contributed by atoms with van der Waals surface area (Å²) in [4.78, 5) is 49.5. The highest BCUT2D eigenvalue weighted by Gasteiger charge is 2.37. The highest BCUT2D eigenvalue weighted by atomic mass is 35.5. The summed E-state index contributed by atoms with van der Waals surface area (Å²) in [5, 5.41) is 14.5. The van der Waals surface area contributed by atoms with Crippen LogP contribution in [0.5, 0.6) is 0 Å². The molecule has 1 aliphatic heterocycles. The number of carbonyl (C=O) groups excluding carboxylic acids is 3. The third-order valence-corrected chi connectivity index (χ3v) is 5.85. The lowest BCUT2D eigenvalue weighted by molar-refractivity contribution is -0.384. The zero-order valence-electron chi connectivity index (χ0n) is 17.4. The Morgan fingerprint density at radius 3 is 2.32 bits per heavy atom. The highest BCUT2D eigenvalue weighted by Crippen LogP contribution is 2.35. The number of nitro groups is 1. The summed E-state index contributed by atoms with van der Waals surface area (Å²) in [5.41, 5.74) is 1.89. The Morgan fingerprint density at radius 2 is 1.68 bits per heavy atom. The van der Waals surface area contributed by atoms with Crippen molar-refractivity contribution in [1.29, 1.82) is 0 Å². The summed E-state index contributed by atoms with van der Waals surface area (Å²) >= 11 is 6.37. The molecule has 0 saturated heterocycles. The van der Waals surface area contributed by atoms with Gasteiger partial charge in [-0.2, -0.15) is 0 Å². The van der Waals surface area contributed by atoms with Gasteiger partial charge in [-0.25, -0.2) is 4.90 Å². The standard InChI is InChI=1S/C24H15ClN4O5/c25-19-12-15(5-7-21(19)28-23(31)17-3-1-2-4-18(17)24(28)32)26-22(30)13-27-10-9-14-11-16(29(33)34)6-8-20(14)27/h1-12H,13H2,(H,26,30). The van der Waals surface area contributed by atoms with Crippen LogP contribution in [0.3, 0.4) is 0 Å². The number of nitrogens with one attached hydrogen (secondary N) is 1. The molecule has 1 aliphatic rings. The van der Waals surface area contributed by atoms with E-state index in [9.17, 15) is 24.5 Å². The summed E-state index contributed by atoms with van der Waals surface area (Å²) in [6, 6.07) is 17.2. The molecule has 5 rings (SSSR count). The summed E-state index contributed by atoms with van der Waals surface area (Å²) in [5.74, 6) is -1.27. The molecule has 0 spiro atoms. The van der Waals surface area contributed by atoms with E-state index in [1.807, 2.05) is 0 Å². The maximum Gasteiger partial charge on any atom is 0.270 e. The van der Waals surface area contributed by atoms with Gasteiger partial charge in [-0.1, -0.05) is 23.7 Å². The molecule has 0 bridgehead atoms. The minimum absolute atomic E-state index is 0.0255. The Kier molecular flexibility index (Phi) is 5.10. The molecule has 0 unspecified atom stereocenters. The Balaban J connectivity index is 1.33. The Morgan fingerprint density at radius 1 is 0.971 bits per heavy atom. The molecular weight excluding hydrogens is 460 g/mol. The fourth-order valence-electron chi connectivity index (χ4n) is 3.97. The number of benzene rings is 3. The number of hydrogen-bond donors (Lipinski definition) is 1. The Bertz CT molecular complexity index is 1490. The van der Waals surface area contributed by atoms with Crippen LogP contribution in [0, 0.1) is 10.1 Å².